The smallest absolute Gasteiger partial charge is 0.349 e. The number of carbonyl (C=O) groups is 9. The van der Waals surface area contributed by atoms with Crippen LogP contribution in [0.4, 0.5) is 0 Å². The summed E-state index contributed by atoms with van der Waals surface area (Å²) in [7, 11) is 14.1. The number of likely N-dealkylation sites (N-methyl/N-ethyl adjacent to an activating group) is 3. The summed E-state index contributed by atoms with van der Waals surface area (Å²) in [5, 5.41) is 41.2. The Morgan fingerprint density at radius 3 is 1.24 bits per heavy atom. The molecule has 6 bridgehead atoms. The van der Waals surface area contributed by atoms with Gasteiger partial charge in [0.2, 0.25) is 0 Å². The summed E-state index contributed by atoms with van der Waals surface area (Å²) >= 11 is 3.36. The van der Waals surface area contributed by atoms with Crippen LogP contribution in [0, 0.1) is 88.8 Å². The van der Waals surface area contributed by atoms with Gasteiger partial charge in [-0.2, -0.15) is 0 Å². The van der Waals surface area contributed by atoms with Gasteiger partial charge in [0.15, 0.2) is 13.2 Å². The number of alkyl halides is 1. The molecule has 119 heavy (non-hydrogen) atoms. The first-order valence-corrected chi connectivity index (χ1v) is 42.2. The van der Waals surface area contributed by atoms with Crippen molar-refractivity contribution >= 4 is 69.7 Å². The van der Waals surface area contributed by atoms with Crippen LogP contribution in [0.3, 0.4) is 0 Å². The van der Waals surface area contributed by atoms with Crippen molar-refractivity contribution in [2.45, 2.75) is 110 Å². The normalized spacial score (nSPS) is 23.7. The Kier molecular flexibility index (Phi) is 45.7. The molecule has 15 atom stereocenters. The SMILES string of the molecule is BrCc1ccccc1.CC(C)=CC1CC(/C=C\C2CC(C=C(C)C)C(C(=O)OCC(=O)OCc3ccccc3)C2)C(C(=O)OCC[N+](C)(C)C)C1.CN(C)CCO.CN(C)CCOC(=O)C1CC2C=CC1C2.O=C(CO)OCc1ccccc1.O=C(COC(=O)C1CC2C=CC1C2)Oc1ccccc1.O=C(O)C1CC2C=CC1C2.O=C(O)CO. The first-order valence-electron chi connectivity index (χ1n) is 41.1. The summed E-state index contributed by atoms with van der Waals surface area (Å²) in [5.74, 6) is -0.835. The molecule has 4 aromatic carbocycles. The molecule has 5 N–H and O–H groups in total. The number of aliphatic carboxylic acids is 2. The first kappa shape index (κ1) is 100. The molecule has 24 nitrogen and oxygen atoms in total. The number of carboxylic acids is 2. The molecule has 12 rings (SSSR count). The van der Waals surface area contributed by atoms with Crippen LogP contribution in [0.25, 0.3) is 0 Å². The van der Waals surface area contributed by atoms with E-state index in [-0.39, 0.29) is 104 Å². The van der Waals surface area contributed by atoms with Crippen molar-refractivity contribution in [3.63, 3.8) is 0 Å². The zero-order valence-corrected chi connectivity index (χ0v) is 72.8. The first-order chi connectivity index (χ1) is 56.8. The molecule has 5 fully saturated rings. The van der Waals surface area contributed by atoms with E-state index in [2.05, 4.69) is 129 Å². The minimum atomic E-state index is -1.19. The number of carboxylic acid groups (broad SMARTS) is 2. The lowest BCUT2D eigenvalue weighted by Gasteiger charge is -2.24. The lowest BCUT2D eigenvalue weighted by molar-refractivity contribution is -0.870. The van der Waals surface area contributed by atoms with Gasteiger partial charge in [0.25, 0.3) is 0 Å². The van der Waals surface area contributed by atoms with Gasteiger partial charge in [0, 0.05) is 18.4 Å². The topological polar surface area (TPSA) is 326 Å². The van der Waals surface area contributed by atoms with E-state index in [1.807, 2.05) is 137 Å². The Morgan fingerprint density at radius 1 is 0.429 bits per heavy atom. The summed E-state index contributed by atoms with van der Waals surface area (Å²) in [6.07, 6.45) is 30.9. The Balaban J connectivity index is 0.000000273. The molecule has 25 heteroatoms. The number of quaternary nitrogens is 1. The molecule has 652 valence electrons. The van der Waals surface area contributed by atoms with Gasteiger partial charge in [-0.15, -0.1) is 0 Å². The molecule has 0 radical (unpaired) electrons. The standard InChI is InChI=1S/C36H52NO6.C16H16O4.C12H19NO2.C9H10O3.C8H10O2.C7H7Br.C4H11NO.C2H4O3/c1-25(2)17-29-20-30(32(22-29)35(39)41-16-15-37(5,6)7)14-13-28-19-31(18-26(3)4)33(21-28)36(40)43-24-34(38)42-23-27-11-9-8-10-12-27;17-15(20-13-4-2-1-3-5-13)10-19-16(18)14-9-11-6-7-12(14)8-11;1-13(2)5-6-15-12(14)11-8-9-3-4-10(11)7-9;10-6-9(11)12-7-8-4-2-1-3-5-8;9-8(10)7-4-5-1-2-6(7)3-5;8-6-7-4-2-1-3-5-7;1-5(2)3-4-6;3-1-2(4)5/h8-14,17-18,28-33H,15-16,19-24H2,1-7H3;1-7,11-12,14H,8-10H2;3-4,9-11H,5-8H2,1-2H3;1-5,10H,6-7H2;1-2,5-7H,3-4H2,(H,9,10);1-5H,6H2;6H,3-4H2,1-2H3;3H,1H2,(H,4,5)/q+1;;;;;;;/b14-13-;;;;;;;. The van der Waals surface area contributed by atoms with E-state index in [1.165, 1.54) is 11.1 Å². The summed E-state index contributed by atoms with van der Waals surface area (Å²) in [4.78, 5) is 108. The minimum absolute atomic E-state index is 0.00806. The number of hydrogen-bond acceptors (Lipinski definition) is 21. The number of esters is 7. The molecular weight excluding hydrogens is 1590 g/mol. The second-order valence-corrected chi connectivity index (χ2v) is 33.7. The maximum Gasteiger partial charge on any atom is 0.349 e. The third-order valence-electron chi connectivity index (χ3n) is 21.1. The Hall–Kier alpha value is -9.21. The average molecular weight is 1720 g/mol. The number of fused-ring (bicyclic) bond motifs is 6. The molecule has 15 unspecified atom stereocenters. The number of aliphatic hydroxyl groups is 3. The average Bonchev–Trinajstić information content (AvgIpc) is 1.66. The predicted molar refractivity (Wildman–Crippen MR) is 458 cm³/mol. The minimum Gasteiger partial charge on any atom is -0.481 e. The number of benzene rings is 4. The lowest BCUT2D eigenvalue weighted by Crippen LogP contribution is -2.38. The van der Waals surface area contributed by atoms with Gasteiger partial charge in [-0.1, -0.05) is 197 Å². The predicted octanol–water partition coefficient (Wildman–Crippen LogP) is 13.1. The van der Waals surface area contributed by atoms with Gasteiger partial charge in [-0.25, -0.2) is 19.2 Å². The van der Waals surface area contributed by atoms with Crippen molar-refractivity contribution in [3.05, 3.63) is 210 Å². The molecule has 0 saturated heterocycles. The summed E-state index contributed by atoms with van der Waals surface area (Å²) in [5.41, 5.74) is 5.53. The second kappa shape index (κ2) is 54.1. The zero-order valence-electron chi connectivity index (χ0n) is 71.2. The molecule has 0 spiro atoms. The number of halogens is 1. The van der Waals surface area contributed by atoms with Gasteiger partial charge >= 0.3 is 53.7 Å². The van der Waals surface area contributed by atoms with E-state index in [0.29, 0.717) is 60.9 Å². The Morgan fingerprint density at radius 2 is 0.840 bits per heavy atom. The number of carbonyl (C=O) groups excluding carboxylic acids is 7. The lowest BCUT2D eigenvalue weighted by atomic mass is 9.93. The highest BCUT2D eigenvalue weighted by Crippen LogP contribution is 2.47. The number of aliphatic hydroxyl groups excluding tert-OH is 3. The molecule has 0 heterocycles. The maximum atomic E-state index is 13.1. The number of allylic oxidation sites excluding steroid dienone is 12. The van der Waals surface area contributed by atoms with Crippen LogP contribution in [-0.4, -0.2) is 209 Å². The van der Waals surface area contributed by atoms with Gasteiger partial charge in [-0.05, 0) is 208 Å². The van der Waals surface area contributed by atoms with Gasteiger partial charge in [-0.3, -0.25) is 24.0 Å². The quantitative estimate of drug-likeness (QED) is 0.00842. The van der Waals surface area contributed by atoms with E-state index in [4.69, 9.17) is 58.7 Å². The highest BCUT2D eigenvalue weighted by atomic mass is 79.9. The fourth-order valence-electron chi connectivity index (χ4n) is 15.2. The monoisotopic (exact) mass is 1710 g/mol. The number of rotatable bonds is 29. The van der Waals surface area contributed by atoms with Crippen LogP contribution < -0.4 is 4.74 Å². The van der Waals surface area contributed by atoms with E-state index in [1.54, 1.807) is 24.3 Å². The number of nitrogens with zero attached hydrogens (tertiary/aromatic N) is 3. The van der Waals surface area contributed by atoms with Crippen molar-refractivity contribution in [2.75, 3.05) is 115 Å². The van der Waals surface area contributed by atoms with Crippen molar-refractivity contribution in [1.82, 2.24) is 9.80 Å². The molecule has 8 aliphatic carbocycles. The number of para-hydroxylation sites is 1. The highest BCUT2D eigenvalue weighted by Gasteiger charge is 2.44. The van der Waals surface area contributed by atoms with Crippen molar-refractivity contribution < 1.29 is 106 Å². The molecule has 0 aliphatic heterocycles. The summed E-state index contributed by atoms with van der Waals surface area (Å²) in [6, 6.07) is 37.8. The van der Waals surface area contributed by atoms with Crippen LogP contribution in [0.1, 0.15) is 109 Å². The van der Waals surface area contributed by atoms with Crippen LogP contribution in [0.15, 0.2) is 193 Å². The van der Waals surface area contributed by atoms with E-state index >= 15 is 0 Å². The highest BCUT2D eigenvalue weighted by molar-refractivity contribution is 9.08. The Labute approximate surface area is 712 Å². The third-order valence-corrected chi connectivity index (χ3v) is 21.8. The maximum absolute atomic E-state index is 13.1. The molecule has 0 amide bonds. The van der Waals surface area contributed by atoms with Crippen molar-refractivity contribution in [3.8, 4) is 5.75 Å². The molecule has 0 aromatic heterocycles. The van der Waals surface area contributed by atoms with Crippen LogP contribution in [0.5, 0.6) is 5.75 Å². The van der Waals surface area contributed by atoms with E-state index in [0.717, 1.165) is 104 Å². The molecular formula is C94H129BrN3O21+. The van der Waals surface area contributed by atoms with Crippen molar-refractivity contribution in [2.24, 2.45) is 88.8 Å². The van der Waals surface area contributed by atoms with Gasteiger partial charge in [0.1, 0.15) is 51.9 Å². The second-order valence-electron chi connectivity index (χ2n) is 33.2. The fourth-order valence-corrected chi connectivity index (χ4v) is 15.6. The molecule has 5 saturated carbocycles. The number of ether oxygens (including phenoxy) is 7. The largest absolute Gasteiger partial charge is 0.481 e. The van der Waals surface area contributed by atoms with E-state index in [9.17, 15) is 38.4 Å². The summed E-state index contributed by atoms with van der Waals surface area (Å²) in [6.45, 7) is 10.1. The fraction of sp³-hybridized carbons (Fsp3) is 0.521. The van der Waals surface area contributed by atoms with Crippen LogP contribution >= 0.6 is 15.9 Å². The Bertz CT molecular complexity index is 3930. The van der Waals surface area contributed by atoms with Gasteiger partial charge in [0.05, 0.1) is 57.3 Å². The van der Waals surface area contributed by atoms with Crippen molar-refractivity contribution in [1.29, 1.82) is 0 Å². The van der Waals surface area contributed by atoms with Gasteiger partial charge < -0.3 is 73.0 Å². The van der Waals surface area contributed by atoms with Crippen LogP contribution in [-0.2, 0) is 90.1 Å². The van der Waals surface area contributed by atoms with Crippen LogP contribution in [0.2, 0.25) is 0 Å². The van der Waals surface area contributed by atoms with E-state index < -0.39 is 49.7 Å². The summed E-state index contributed by atoms with van der Waals surface area (Å²) < 4.78 is 37.3. The molecule has 4 aromatic rings. The third kappa shape index (κ3) is 39.7. The molecule has 8 aliphatic rings. The zero-order chi connectivity index (χ0) is 87.4. The number of hydrogen-bond donors (Lipinski definition) is 5.